The van der Waals surface area contributed by atoms with Crippen molar-refractivity contribution in [2.24, 2.45) is 0 Å². The van der Waals surface area contributed by atoms with Gasteiger partial charge in [-0.05, 0) is 12.1 Å². The SMILES string of the molecule is COc1ccccc1.OCCOCCOCCO. The van der Waals surface area contributed by atoms with Gasteiger partial charge in [-0.15, -0.1) is 0 Å². The summed E-state index contributed by atoms with van der Waals surface area (Å²) in [6.45, 7) is 1.73. The molecule has 0 spiro atoms. The van der Waals surface area contributed by atoms with E-state index in [1.54, 1.807) is 7.11 Å². The Morgan fingerprint density at radius 3 is 1.67 bits per heavy atom. The Labute approximate surface area is 108 Å². The van der Waals surface area contributed by atoms with E-state index in [0.717, 1.165) is 5.75 Å². The largest absolute Gasteiger partial charge is 0.497 e. The average molecular weight is 258 g/mol. The van der Waals surface area contributed by atoms with Gasteiger partial charge in [0.05, 0.1) is 46.8 Å². The van der Waals surface area contributed by atoms with E-state index in [9.17, 15) is 0 Å². The summed E-state index contributed by atoms with van der Waals surface area (Å²) in [7, 11) is 1.66. The molecule has 0 aliphatic rings. The second-order valence-electron chi connectivity index (χ2n) is 3.19. The van der Waals surface area contributed by atoms with Crippen molar-refractivity contribution in [1.29, 1.82) is 0 Å². The third kappa shape index (κ3) is 11.3. The van der Waals surface area contributed by atoms with Crippen molar-refractivity contribution in [1.82, 2.24) is 0 Å². The lowest BCUT2D eigenvalue weighted by Gasteiger charge is -2.01. The second-order valence-corrected chi connectivity index (χ2v) is 3.19. The van der Waals surface area contributed by atoms with E-state index in [4.69, 9.17) is 24.4 Å². The van der Waals surface area contributed by atoms with Crippen LogP contribution in [0.5, 0.6) is 5.75 Å². The molecule has 2 N–H and O–H groups in total. The highest BCUT2D eigenvalue weighted by Crippen LogP contribution is 2.05. The van der Waals surface area contributed by atoms with Crippen LogP contribution in [0.1, 0.15) is 0 Å². The third-order valence-corrected chi connectivity index (χ3v) is 1.82. The van der Waals surface area contributed by atoms with Crippen molar-refractivity contribution in [3.8, 4) is 5.75 Å². The Morgan fingerprint density at radius 2 is 1.33 bits per heavy atom. The van der Waals surface area contributed by atoms with Gasteiger partial charge in [0.15, 0.2) is 0 Å². The number of hydrogen-bond acceptors (Lipinski definition) is 5. The highest BCUT2D eigenvalue weighted by molar-refractivity contribution is 5.20. The van der Waals surface area contributed by atoms with Gasteiger partial charge in [0, 0.05) is 0 Å². The summed E-state index contributed by atoms with van der Waals surface area (Å²) >= 11 is 0. The first-order chi connectivity index (χ1) is 8.85. The highest BCUT2D eigenvalue weighted by Gasteiger charge is 1.86. The zero-order chi connectivity index (χ0) is 13.5. The molecule has 0 unspecified atom stereocenters. The molecule has 0 saturated carbocycles. The first kappa shape index (κ1) is 16.9. The van der Waals surface area contributed by atoms with Gasteiger partial charge < -0.3 is 24.4 Å². The van der Waals surface area contributed by atoms with Crippen LogP contribution in [0.25, 0.3) is 0 Å². The summed E-state index contributed by atoms with van der Waals surface area (Å²) in [5.41, 5.74) is 0. The maximum Gasteiger partial charge on any atom is 0.118 e. The van der Waals surface area contributed by atoms with Gasteiger partial charge in [-0.3, -0.25) is 0 Å². The molecule has 0 bridgehead atoms. The molecular formula is C13H22O5. The molecule has 104 valence electrons. The number of methoxy groups -OCH3 is 1. The lowest BCUT2D eigenvalue weighted by atomic mass is 10.3. The summed E-state index contributed by atoms with van der Waals surface area (Å²) in [5, 5.41) is 16.5. The zero-order valence-electron chi connectivity index (χ0n) is 10.7. The number of aliphatic hydroxyl groups excluding tert-OH is 2. The smallest absolute Gasteiger partial charge is 0.118 e. The van der Waals surface area contributed by atoms with E-state index in [0.29, 0.717) is 26.4 Å². The van der Waals surface area contributed by atoms with Gasteiger partial charge >= 0.3 is 0 Å². The maximum atomic E-state index is 8.26. The summed E-state index contributed by atoms with van der Waals surface area (Å²) in [6, 6.07) is 9.68. The first-order valence-corrected chi connectivity index (χ1v) is 5.81. The molecule has 0 atom stereocenters. The Morgan fingerprint density at radius 1 is 0.833 bits per heavy atom. The van der Waals surface area contributed by atoms with Crippen LogP contribution in [0.2, 0.25) is 0 Å². The molecule has 0 heterocycles. The predicted molar refractivity (Wildman–Crippen MR) is 68.8 cm³/mol. The molecule has 0 aliphatic heterocycles. The first-order valence-electron chi connectivity index (χ1n) is 5.81. The van der Waals surface area contributed by atoms with Crippen LogP contribution in [-0.4, -0.2) is 57.0 Å². The number of aliphatic hydroxyl groups is 2. The molecular weight excluding hydrogens is 236 g/mol. The minimum absolute atomic E-state index is 0.0417. The van der Waals surface area contributed by atoms with Crippen molar-refractivity contribution < 1.29 is 24.4 Å². The average Bonchev–Trinajstić information content (AvgIpc) is 2.44. The maximum absolute atomic E-state index is 8.26. The molecule has 0 fully saturated rings. The van der Waals surface area contributed by atoms with Crippen LogP contribution in [0, 0.1) is 0 Å². The normalized spacial score (nSPS) is 9.50. The fourth-order valence-electron chi connectivity index (χ4n) is 1.01. The van der Waals surface area contributed by atoms with E-state index < -0.39 is 0 Å². The standard InChI is InChI=1S/C7H8O.C6H14O4/c1-8-7-5-3-2-4-6-7;7-1-3-9-5-6-10-4-2-8/h2-6H,1H3;7-8H,1-6H2. The zero-order valence-corrected chi connectivity index (χ0v) is 10.7. The molecule has 5 heteroatoms. The van der Waals surface area contributed by atoms with Gasteiger partial charge in [0.2, 0.25) is 0 Å². The Hall–Kier alpha value is -1.14. The summed E-state index contributed by atoms with van der Waals surface area (Å²) in [6.07, 6.45) is 0. The van der Waals surface area contributed by atoms with E-state index in [2.05, 4.69) is 0 Å². The molecule has 0 aliphatic carbocycles. The summed E-state index contributed by atoms with van der Waals surface area (Å²) < 4.78 is 14.7. The Balaban J connectivity index is 0.000000327. The fourth-order valence-corrected chi connectivity index (χ4v) is 1.01. The summed E-state index contributed by atoms with van der Waals surface area (Å²) in [5.74, 6) is 0.910. The van der Waals surface area contributed by atoms with Crippen LogP contribution in [0.4, 0.5) is 0 Å². The van der Waals surface area contributed by atoms with Crippen molar-refractivity contribution in [3.05, 3.63) is 30.3 Å². The number of rotatable bonds is 8. The molecule has 0 amide bonds. The molecule has 1 aromatic carbocycles. The molecule has 1 aromatic rings. The number of ether oxygens (including phenoxy) is 3. The van der Waals surface area contributed by atoms with Gasteiger partial charge in [-0.25, -0.2) is 0 Å². The van der Waals surface area contributed by atoms with Gasteiger partial charge in [-0.1, -0.05) is 18.2 Å². The van der Waals surface area contributed by atoms with E-state index in [-0.39, 0.29) is 13.2 Å². The van der Waals surface area contributed by atoms with Crippen molar-refractivity contribution in [2.75, 3.05) is 46.8 Å². The minimum atomic E-state index is 0.0417. The molecule has 5 nitrogen and oxygen atoms in total. The quantitative estimate of drug-likeness (QED) is 0.672. The number of benzene rings is 1. The van der Waals surface area contributed by atoms with Crippen LogP contribution >= 0.6 is 0 Å². The Bertz CT molecular complexity index is 245. The van der Waals surface area contributed by atoms with Gasteiger partial charge in [0.25, 0.3) is 0 Å². The lowest BCUT2D eigenvalue weighted by molar-refractivity contribution is 0.0222. The number of para-hydroxylation sites is 1. The van der Waals surface area contributed by atoms with Crippen LogP contribution in [0.15, 0.2) is 30.3 Å². The fraction of sp³-hybridized carbons (Fsp3) is 0.538. The van der Waals surface area contributed by atoms with E-state index >= 15 is 0 Å². The lowest BCUT2D eigenvalue weighted by Crippen LogP contribution is -2.09. The third-order valence-electron chi connectivity index (χ3n) is 1.82. The highest BCUT2D eigenvalue weighted by atomic mass is 16.5. The number of hydrogen-bond donors (Lipinski definition) is 2. The molecule has 0 aromatic heterocycles. The van der Waals surface area contributed by atoms with Crippen molar-refractivity contribution >= 4 is 0 Å². The monoisotopic (exact) mass is 258 g/mol. The van der Waals surface area contributed by atoms with Crippen molar-refractivity contribution in [3.63, 3.8) is 0 Å². The summed E-state index contributed by atoms with van der Waals surface area (Å²) in [4.78, 5) is 0. The van der Waals surface area contributed by atoms with Crippen LogP contribution in [-0.2, 0) is 9.47 Å². The van der Waals surface area contributed by atoms with Gasteiger partial charge in [0.1, 0.15) is 5.75 Å². The Kier molecular flexibility index (Phi) is 13.0. The van der Waals surface area contributed by atoms with Crippen LogP contribution in [0.3, 0.4) is 0 Å². The van der Waals surface area contributed by atoms with E-state index in [1.165, 1.54) is 0 Å². The topological polar surface area (TPSA) is 68.2 Å². The molecule has 1 rings (SSSR count). The molecule has 0 radical (unpaired) electrons. The second kappa shape index (κ2) is 13.9. The van der Waals surface area contributed by atoms with Gasteiger partial charge in [-0.2, -0.15) is 0 Å². The van der Waals surface area contributed by atoms with Crippen LogP contribution < -0.4 is 4.74 Å². The molecule has 18 heavy (non-hydrogen) atoms. The predicted octanol–water partition coefficient (Wildman–Crippen LogP) is 0.699. The van der Waals surface area contributed by atoms with E-state index in [1.807, 2.05) is 30.3 Å². The minimum Gasteiger partial charge on any atom is -0.497 e. The molecule has 0 saturated heterocycles. The van der Waals surface area contributed by atoms with Crippen molar-refractivity contribution in [2.45, 2.75) is 0 Å².